The van der Waals surface area contributed by atoms with E-state index in [9.17, 15) is 9.59 Å². The molecule has 110 valence electrons. The molecule has 2 amide bonds. The van der Waals surface area contributed by atoms with Crippen molar-refractivity contribution in [2.75, 3.05) is 26.0 Å². The van der Waals surface area contributed by atoms with Crippen LogP contribution in [0.3, 0.4) is 0 Å². The largest absolute Gasteiger partial charge is 0.384 e. The number of carbonyl (C=O) groups excluding carboxylic acids is 2. The molecule has 1 rings (SSSR count). The predicted molar refractivity (Wildman–Crippen MR) is 77.1 cm³/mol. The Hall–Kier alpha value is -0.750. The van der Waals surface area contributed by atoms with Gasteiger partial charge in [-0.1, -0.05) is 13.8 Å². The van der Waals surface area contributed by atoms with Crippen LogP contribution in [-0.2, 0) is 14.3 Å². The average Bonchev–Trinajstić information content (AvgIpc) is 2.30. The lowest BCUT2D eigenvalue weighted by molar-refractivity contribution is -0.130. The summed E-state index contributed by atoms with van der Waals surface area (Å²) in [6, 6.07) is -0.441. The first-order valence-electron chi connectivity index (χ1n) is 6.39. The van der Waals surface area contributed by atoms with Crippen LogP contribution < -0.4 is 10.6 Å². The van der Waals surface area contributed by atoms with Gasteiger partial charge in [0.15, 0.2) is 0 Å². The second kappa shape index (κ2) is 6.13. The lowest BCUT2D eigenvalue weighted by Gasteiger charge is -2.33. The standard InChI is InChI=1S/C13H24N2O3S/c1-12(2,8-18-5)7-14-10(16)9-6-19-13(3,4)11(17)15-9/h9H,6-8H2,1-5H3,(H,14,16)(H,15,17)/t9-/m1/s1. The minimum Gasteiger partial charge on any atom is -0.384 e. The summed E-state index contributed by atoms with van der Waals surface area (Å²) in [5.41, 5.74) is -0.116. The Morgan fingerprint density at radius 3 is 2.74 bits per heavy atom. The topological polar surface area (TPSA) is 67.4 Å². The van der Waals surface area contributed by atoms with Crippen molar-refractivity contribution in [3.05, 3.63) is 0 Å². The van der Waals surface area contributed by atoms with Gasteiger partial charge in [0.25, 0.3) is 0 Å². The fraction of sp³-hybridized carbons (Fsp3) is 0.846. The summed E-state index contributed by atoms with van der Waals surface area (Å²) >= 11 is 1.51. The highest BCUT2D eigenvalue weighted by atomic mass is 32.2. The minimum atomic E-state index is -0.452. The zero-order valence-electron chi connectivity index (χ0n) is 12.3. The number of hydrogen-bond donors (Lipinski definition) is 2. The van der Waals surface area contributed by atoms with Gasteiger partial charge in [0.05, 0.1) is 11.4 Å². The molecular weight excluding hydrogens is 264 g/mol. The van der Waals surface area contributed by atoms with Crippen LogP contribution in [0.5, 0.6) is 0 Å². The van der Waals surface area contributed by atoms with Crippen LogP contribution in [0.1, 0.15) is 27.7 Å². The number of thioether (sulfide) groups is 1. The molecular formula is C13H24N2O3S. The molecule has 6 heteroatoms. The Bertz CT molecular complexity index is 356. The van der Waals surface area contributed by atoms with Gasteiger partial charge in [0.1, 0.15) is 6.04 Å². The summed E-state index contributed by atoms with van der Waals surface area (Å²) in [6.07, 6.45) is 0. The summed E-state index contributed by atoms with van der Waals surface area (Å²) in [5.74, 6) is 0.399. The predicted octanol–water partition coefficient (Wildman–Crippen LogP) is 0.785. The summed E-state index contributed by atoms with van der Waals surface area (Å²) in [6.45, 7) is 8.88. The highest BCUT2D eigenvalue weighted by molar-refractivity contribution is 8.01. The first-order chi connectivity index (χ1) is 8.68. The maximum atomic E-state index is 12.0. The van der Waals surface area contributed by atoms with Crippen LogP contribution in [0, 0.1) is 5.41 Å². The maximum absolute atomic E-state index is 12.0. The van der Waals surface area contributed by atoms with E-state index in [1.165, 1.54) is 11.8 Å². The van der Waals surface area contributed by atoms with E-state index < -0.39 is 10.8 Å². The molecule has 1 saturated heterocycles. The van der Waals surface area contributed by atoms with Gasteiger partial charge < -0.3 is 15.4 Å². The van der Waals surface area contributed by atoms with Crippen molar-refractivity contribution < 1.29 is 14.3 Å². The molecule has 2 N–H and O–H groups in total. The SMILES string of the molecule is COCC(C)(C)CNC(=O)[C@H]1CSC(C)(C)C(=O)N1. The first-order valence-corrected chi connectivity index (χ1v) is 7.38. The zero-order valence-corrected chi connectivity index (χ0v) is 13.1. The molecule has 19 heavy (non-hydrogen) atoms. The molecule has 1 aliphatic rings. The molecule has 1 atom stereocenters. The van der Waals surface area contributed by atoms with Crippen molar-refractivity contribution in [2.45, 2.75) is 38.5 Å². The fourth-order valence-corrected chi connectivity index (χ4v) is 2.77. The highest BCUT2D eigenvalue weighted by Gasteiger charge is 2.38. The van der Waals surface area contributed by atoms with E-state index >= 15 is 0 Å². The van der Waals surface area contributed by atoms with Crippen molar-refractivity contribution in [3.8, 4) is 0 Å². The number of ether oxygens (including phenoxy) is 1. The third kappa shape index (κ3) is 4.69. The van der Waals surface area contributed by atoms with E-state index in [0.717, 1.165) is 0 Å². The monoisotopic (exact) mass is 288 g/mol. The molecule has 1 heterocycles. The molecule has 0 bridgehead atoms. The van der Waals surface area contributed by atoms with E-state index in [2.05, 4.69) is 10.6 Å². The Labute approximate surface area is 119 Å². The maximum Gasteiger partial charge on any atom is 0.243 e. The number of hydrogen-bond acceptors (Lipinski definition) is 4. The van der Waals surface area contributed by atoms with Gasteiger partial charge in [0, 0.05) is 24.8 Å². The summed E-state index contributed by atoms with van der Waals surface area (Å²) in [4.78, 5) is 23.8. The van der Waals surface area contributed by atoms with Gasteiger partial charge >= 0.3 is 0 Å². The highest BCUT2D eigenvalue weighted by Crippen LogP contribution is 2.29. The third-order valence-corrected chi connectivity index (χ3v) is 4.46. The summed E-state index contributed by atoms with van der Waals surface area (Å²) in [5, 5.41) is 5.65. The molecule has 0 spiro atoms. The number of amides is 2. The van der Waals surface area contributed by atoms with Crippen LogP contribution in [0.15, 0.2) is 0 Å². The quantitative estimate of drug-likeness (QED) is 0.785. The molecule has 0 unspecified atom stereocenters. The van der Waals surface area contributed by atoms with Gasteiger partial charge in [-0.2, -0.15) is 0 Å². The normalized spacial score (nSPS) is 22.8. The molecule has 0 aromatic carbocycles. The Morgan fingerprint density at radius 2 is 2.21 bits per heavy atom. The smallest absolute Gasteiger partial charge is 0.243 e. The van der Waals surface area contributed by atoms with Gasteiger partial charge in [-0.05, 0) is 13.8 Å². The molecule has 5 nitrogen and oxygen atoms in total. The Morgan fingerprint density at radius 1 is 1.58 bits per heavy atom. The lowest BCUT2D eigenvalue weighted by Crippen LogP contribution is -2.57. The third-order valence-electron chi connectivity index (χ3n) is 3.06. The zero-order chi connectivity index (χ0) is 14.7. The van der Waals surface area contributed by atoms with E-state index in [-0.39, 0.29) is 17.2 Å². The van der Waals surface area contributed by atoms with Crippen molar-refractivity contribution in [1.29, 1.82) is 0 Å². The van der Waals surface area contributed by atoms with Crippen molar-refractivity contribution in [1.82, 2.24) is 10.6 Å². The van der Waals surface area contributed by atoms with E-state index in [4.69, 9.17) is 4.74 Å². The van der Waals surface area contributed by atoms with E-state index in [1.807, 2.05) is 27.7 Å². The van der Waals surface area contributed by atoms with Crippen LogP contribution >= 0.6 is 11.8 Å². The van der Waals surface area contributed by atoms with Gasteiger partial charge in [-0.15, -0.1) is 11.8 Å². The molecule has 1 aliphatic heterocycles. The molecule has 0 aromatic heterocycles. The number of carbonyl (C=O) groups is 2. The van der Waals surface area contributed by atoms with Crippen LogP contribution in [0.2, 0.25) is 0 Å². The van der Waals surface area contributed by atoms with Crippen LogP contribution in [0.4, 0.5) is 0 Å². The second-order valence-corrected chi connectivity index (χ2v) is 7.81. The number of methoxy groups -OCH3 is 1. The summed E-state index contributed by atoms with van der Waals surface area (Å²) in [7, 11) is 1.64. The van der Waals surface area contributed by atoms with Crippen LogP contribution in [-0.4, -0.2) is 48.6 Å². The second-order valence-electron chi connectivity index (χ2n) is 6.16. The van der Waals surface area contributed by atoms with Crippen LogP contribution in [0.25, 0.3) is 0 Å². The number of rotatable bonds is 5. The summed E-state index contributed by atoms with van der Waals surface area (Å²) < 4.78 is 4.65. The first kappa shape index (κ1) is 16.3. The van der Waals surface area contributed by atoms with E-state index in [1.54, 1.807) is 7.11 Å². The van der Waals surface area contributed by atoms with Crippen molar-refractivity contribution in [2.24, 2.45) is 5.41 Å². The van der Waals surface area contributed by atoms with Gasteiger partial charge in [-0.3, -0.25) is 9.59 Å². The average molecular weight is 288 g/mol. The molecule has 0 radical (unpaired) electrons. The van der Waals surface area contributed by atoms with Crippen molar-refractivity contribution in [3.63, 3.8) is 0 Å². The fourth-order valence-electron chi connectivity index (χ4n) is 1.76. The Kier molecular flexibility index (Phi) is 5.26. The van der Waals surface area contributed by atoms with Gasteiger partial charge in [0.2, 0.25) is 11.8 Å². The van der Waals surface area contributed by atoms with Gasteiger partial charge in [-0.25, -0.2) is 0 Å². The number of nitrogens with one attached hydrogen (secondary N) is 2. The molecule has 0 aromatic rings. The van der Waals surface area contributed by atoms with E-state index in [0.29, 0.717) is 18.9 Å². The van der Waals surface area contributed by atoms with Crippen molar-refractivity contribution >= 4 is 23.6 Å². The minimum absolute atomic E-state index is 0.0833. The Balaban J connectivity index is 2.46. The lowest BCUT2D eigenvalue weighted by atomic mass is 9.95. The molecule has 1 fully saturated rings. The molecule has 0 saturated carbocycles. The molecule has 0 aliphatic carbocycles.